The molecule has 0 aliphatic rings. The highest BCUT2D eigenvalue weighted by Crippen LogP contribution is 2.07. The minimum atomic E-state index is -0.196. The van der Waals surface area contributed by atoms with E-state index < -0.39 is 0 Å². The van der Waals surface area contributed by atoms with Crippen LogP contribution in [-0.2, 0) is 31.9 Å². The molecule has 0 fully saturated rings. The first-order chi connectivity index (χ1) is 11.5. The summed E-state index contributed by atoms with van der Waals surface area (Å²) in [6.45, 7) is 4.00. The maximum Gasteiger partial charge on any atom is 0.309 e. The summed E-state index contributed by atoms with van der Waals surface area (Å²) in [7, 11) is 2.80. The van der Waals surface area contributed by atoms with Crippen LogP contribution in [0.2, 0.25) is 0 Å². The van der Waals surface area contributed by atoms with Crippen molar-refractivity contribution in [1.29, 1.82) is 0 Å². The Hall–Kier alpha value is -2.62. The van der Waals surface area contributed by atoms with E-state index in [4.69, 9.17) is 0 Å². The van der Waals surface area contributed by atoms with Crippen LogP contribution in [0.1, 0.15) is 22.3 Å². The van der Waals surface area contributed by atoms with E-state index in [1.807, 2.05) is 62.4 Å². The predicted octanol–water partition coefficient (Wildman–Crippen LogP) is 3.42. The predicted molar refractivity (Wildman–Crippen MR) is 93.8 cm³/mol. The molecule has 4 heteroatoms. The van der Waals surface area contributed by atoms with Gasteiger partial charge >= 0.3 is 11.9 Å². The summed E-state index contributed by atoms with van der Waals surface area (Å²) in [6, 6.07) is 15.6. The first-order valence-corrected chi connectivity index (χ1v) is 7.70. The third-order valence-corrected chi connectivity index (χ3v) is 3.52. The molecule has 0 amide bonds. The van der Waals surface area contributed by atoms with E-state index in [1.165, 1.54) is 19.8 Å². The minimum absolute atomic E-state index is 0.190. The Bertz CT molecular complexity index is 660. The molecule has 2 aromatic carbocycles. The van der Waals surface area contributed by atoms with Crippen LogP contribution >= 0.6 is 0 Å². The molecule has 0 aromatic heterocycles. The molecular formula is C20H24O4. The average Bonchev–Trinajstić information content (AvgIpc) is 2.59. The number of hydrogen-bond donors (Lipinski definition) is 0. The fourth-order valence-electron chi connectivity index (χ4n) is 1.98. The first kappa shape index (κ1) is 19.4. The van der Waals surface area contributed by atoms with Gasteiger partial charge in [0.25, 0.3) is 0 Å². The van der Waals surface area contributed by atoms with Gasteiger partial charge in [0.15, 0.2) is 0 Å². The Morgan fingerprint density at radius 1 is 0.792 bits per heavy atom. The molecule has 0 radical (unpaired) electrons. The minimum Gasteiger partial charge on any atom is -0.469 e. The molecular weight excluding hydrogens is 304 g/mol. The third-order valence-electron chi connectivity index (χ3n) is 3.52. The number of ether oxygens (including phenoxy) is 2. The normalized spacial score (nSPS) is 9.50. The molecule has 0 atom stereocenters. The quantitative estimate of drug-likeness (QED) is 0.807. The standard InChI is InChI=1S/2C10H12O2/c1-8-3-5-9(6-4-8)7-10(11)12-2;1-8-5-3-4-6-9(8)7-10(11)12-2/h2*3-6H,7H2,1-2H3. The van der Waals surface area contributed by atoms with Gasteiger partial charge in [-0.25, -0.2) is 0 Å². The molecule has 0 aliphatic heterocycles. The summed E-state index contributed by atoms with van der Waals surface area (Å²) < 4.78 is 9.12. The van der Waals surface area contributed by atoms with E-state index in [0.717, 1.165) is 16.7 Å². The summed E-state index contributed by atoms with van der Waals surface area (Å²) in [6.07, 6.45) is 0.722. The van der Waals surface area contributed by atoms with E-state index in [-0.39, 0.29) is 11.9 Å². The van der Waals surface area contributed by atoms with Gasteiger partial charge in [-0.3, -0.25) is 9.59 Å². The van der Waals surface area contributed by atoms with Gasteiger partial charge in [-0.05, 0) is 30.5 Å². The SMILES string of the molecule is COC(=O)Cc1ccc(C)cc1.COC(=O)Cc1ccccc1C. The second-order valence-electron chi connectivity index (χ2n) is 5.42. The van der Waals surface area contributed by atoms with E-state index in [0.29, 0.717) is 12.8 Å². The molecule has 0 unspecified atom stereocenters. The van der Waals surface area contributed by atoms with Crippen molar-refractivity contribution in [2.75, 3.05) is 14.2 Å². The monoisotopic (exact) mass is 328 g/mol. The van der Waals surface area contributed by atoms with E-state index in [1.54, 1.807) is 0 Å². The van der Waals surface area contributed by atoms with Gasteiger partial charge < -0.3 is 9.47 Å². The molecule has 0 aliphatic carbocycles. The molecule has 0 saturated carbocycles. The zero-order valence-corrected chi connectivity index (χ0v) is 14.7. The van der Waals surface area contributed by atoms with E-state index >= 15 is 0 Å². The molecule has 24 heavy (non-hydrogen) atoms. The molecule has 0 saturated heterocycles. The lowest BCUT2D eigenvalue weighted by atomic mass is 10.1. The van der Waals surface area contributed by atoms with Crippen LogP contribution in [0.15, 0.2) is 48.5 Å². The van der Waals surface area contributed by atoms with Crippen molar-refractivity contribution >= 4 is 11.9 Å². The van der Waals surface area contributed by atoms with Crippen LogP contribution in [-0.4, -0.2) is 26.2 Å². The van der Waals surface area contributed by atoms with Crippen molar-refractivity contribution in [3.63, 3.8) is 0 Å². The zero-order valence-electron chi connectivity index (χ0n) is 14.7. The number of carbonyl (C=O) groups excluding carboxylic acids is 2. The Morgan fingerprint density at radius 3 is 1.88 bits per heavy atom. The Balaban J connectivity index is 0.000000240. The molecule has 2 aromatic rings. The van der Waals surface area contributed by atoms with Crippen LogP contribution in [0.3, 0.4) is 0 Å². The molecule has 0 N–H and O–H groups in total. The lowest BCUT2D eigenvalue weighted by molar-refractivity contribution is -0.140. The lowest BCUT2D eigenvalue weighted by Gasteiger charge is -2.02. The number of carbonyl (C=O) groups is 2. The number of esters is 2. The van der Waals surface area contributed by atoms with Crippen LogP contribution in [0.4, 0.5) is 0 Å². The summed E-state index contributed by atoms with van der Waals surface area (Å²) in [5.74, 6) is -0.386. The molecule has 128 valence electrons. The van der Waals surface area contributed by atoms with Crippen molar-refractivity contribution in [3.8, 4) is 0 Å². The first-order valence-electron chi connectivity index (χ1n) is 7.70. The van der Waals surface area contributed by atoms with Crippen LogP contribution < -0.4 is 0 Å². The third kappa shape index (κ3) is 7.09. The molecule has 0 spiro atoms. The van der Waals surface area contributed by atoms with Crippen molar-refractivity contribution in [3.05, 3.63) is 70.8 Å². The smallest absolute Gasteiger partial charge is 0.309 e. The number of aryl methyl sites for hydroxylation is 2. The molecule has 0 heterocycles. The lowest BCUT2D eigenvalue weighted by Crippen LogP contribution is -2.05. The molecule has 4 nitrogen and oxygen atoms in total. The zero-order chi connectivity index (χ0) is 17.9. The van der Waals surface area contributed by atoms with Crippen molar-refractivity contribution < 1.29 is 19.1 Å². The fourth-order valence-corrected chi connectivity index (χ4v) is 1.98. The van der Waals surface area contributed by atoms with E-state index in [2.05, 4.69) is 9.47 Å². The van der Waals surface area contributed by atoms with Gasteiger partial charge in [0.05, 0.1) is 27.1 Å². The number of benzene rings is 2. The van der Waals surface area contributed by atoms with Gasteiger partial charge in [-0.1, -0.05) is 54.1 Å². The Kier molecular flexibility index (Phi) is 8.26. The van der Waals surface area contributed by atoms with Gasteiger partial charge in [0, 0.05) is 0 Å². The second kappa shape index (κ2) is 10.2. The van der Waals surface area contributed by atoms with Gasteiger partial charge in [0.2, 0.25) is 0 Å². The van der Waals surface area contributed by atoms with Crippen LogP contribution in [0, 0.1) is 13.8 Å². The highest BCUT2D eigenvalue weighted by atomic mass is 16.5. The fraction of sp³-hybridized carbons (Fsp3) is 0.300. The van der Waals surface area contributed by atoms with Crippen molar-refractivity contribution in [2.24, 2.45) is 0 Å². The van der Waals surface area contributed by atoms with Gasteiger partial charge in [-0.15, -0.1) is 0 Å². The highest BCUT2D eigenvalue weighted by molar-refractivity contribution is 5.73. The largest absolute Gasteiger partial charge is 0.469 e. The Morgan fingerprint density at radius 2 is 1.33 bits per heavy atom. The highest BCUT2D eigenvalue weighted by Gasteiger charge is 2.03. The van der Waals surface area contributed by atoms with Gasteiger partial charge in [0.1, 0.15) is 0 Å². The summed E-state index contributed by atoms with van der Waals surface area (Å²) >= 11 is 0. The van der Waals surface area contributed by atoms with Crippen molar-refractivity contribution in [1.82, 2.24) is 0 Å². The number of rotatable bonds is 4. The number of methoxy groups -OCH3 is 2. The molecule has 0 bridgehead atoms. The summed E-state index contributed by atoms with van der Waals surface area (Å²) in [5, 5.41) is 0. The van der Waals surface area contributed by atoms with E-state index in [9.17, 15) is 9.59 Å². The Labute approximate surface area is 143 Å². The average molecular weight is 328 g/mol. The maximum absolute atomic E-state index is 10.9. The topological polar surface area (TPSA) is 52.6 Å². The maximum atomic E-state index is 10.9. The molecule has 2 rings (SSSR count). The van der Waals surface area contributed by atoms with Crippen LogP contribution in [0.25, 0.3) is 0 Å². The number of hydrogen-bond acceptors (Lipinski definition) is 4. The van der Waals surface area contributed by atoms with Crippen LogP contribution in [0.5, 0.6) is 0 Å². The van der Waals surface area contributed by atoms with Gasteiger partial charge in [-0.2, -0.15) is 0 Å². The second-order valence-corrected chi connectivity index (χ2v) is 5.42. The van der Waals surface area contributed by atoms with Crippen molar-refractivity contribution in [2.45, 2.75) is 26.7 Å². The summed E-state index contributed by atoms with van der Waals surface area (Å²) in [5.41, 5.74) is 4.35. The summed E-state index contributed by atoms with van der Waals surface area (Å²) in [4.78, 5) is 21.8.